The number of hydrogen-bond acceptors (Lipinski definition) is 4. The Labute approximate surface area is 160 Å². The van der Waals surface area contributed by atoms with Gasteiger partial charge in [-0.3, -0.25) is 0 Å². The summed E-state index contributed by atoms with van der Waals surface area (Å²) in [5.74, 6) is 2.80. The van der Waals surface area contributed by atoms with Crippen molar-refractivity contribution in [1.82, 2.24) is 15.0 Å². The first kappa shape index (κ1) is 18.0. The summed E-state index contributed by atoms with van der Waals surface area (Å²) in [6.07, 6.45) is 6.38. The number of carbonyl (C=O) groups is 1. The van der Waals surface area contributed by atoms with Gasteiger partial charge in [-0.25, -0.2) is 4.79 Å². The minimum Gasteiger partial charge on any atom is -0.339 e. The highest BCUT2D eigenvalue weighted by Gasteiger charge is 2.30. The summed E-state index contributed by atoms with van der Waals surface area (Å²) in [6.45, 7) is 5.75. The first-order valence-corrected chi connectivity index (χ1v) is 10.0. The molecule has 6 nitrogen and oxygen atoms in total. The third-order valence-electron chi connectivity index (χ3n) is 5.85. The van der Waals surface area contributed by atoms with Crippen LogP contribution in [0.4, 0.5) is 10.5 Å². The Morgan fingerprint density at radius 3 is 2.67 bits per heavy atom. The molecule has 1 aliphatic heterocycles. The van der Waals surface area contributed by atoms with E-state index in [9.17, 15) is 4.79 Å². The summed E-state index contributed by atoms with van der Waals surface area (Å²) in [7, 11) is 0. The minimum atomic E-state index is 0.00365. The van der Waals surface area contributed by atoms with E-state index >= 15 is 0 Å². The van der Waals surface area contributed by atoms with Gasteiger partial charge < -0.3 is 14.7 Å². The number of amides is 2. The molecule has 6 heteroatoms. The second kappa shape index (κ2) is 7.71. The highest BCUT2D eigenvalue weighted by atomic mass is 16.5. The Balaban J connectivity index is 1.21. The zero-order valence-corrected chi connectivity index (χ0v) is 16.2. The van der Waals surface area contributed by atoms with Crippen molar-refractivity contribution < 1.29 is 9.32 Å². The molecule has 1 saturated heterocycles. The van der Waals surface area contributed by atoms with Gasteiger partial charge in [0.25, 0.3) is 0 Å². The van der Waals surface area contributed by atoms with Crippen LogP contribution in [0.1, 0.15) is 60.9 Å². The molecule has 0 radical (unpaired) electrons. The van der Waals surface area contributed by atoms with E-state index in [-0.39, 0.29) is 6.03 Å². The maximum absolute atomic E-state index is 12.5. The fourth-order valence-electron chi connectivity index (χ4n) is 3.64. The number of nitrogens with one attached hydrogen (secondary N) is 1. The topological polar surface area (TPSA) is 71.3 Å². The molecule has 2 aliphatic rings. The summed E-state index contributed by atoms with van der Waals surface area (Å²) < 4.78 is 5.33. The van der Waals surface area contributed by atoms with Crippen molar-refractivity contribution in [2.75, 3.05) is 18.4 Å². The molecule has 2 aromatic rings. The number of rotatable bonds is 5. The van der Waals surface area contributed by atoms with E-state index in [0.717, 1.165) is 56.2 Å². The molecule has 27 heavy (non-hydrogen) atoms. The van der Waals surface area contributed by atoms with Crippen molar-refractivity contribution in [2.45, 2.75) is 58.3 Å². The lowest BCUT2D eigenvalue weighted by Gasteiger charge is -2.32. The lowest BCUT2D eigenvalue weighted by molar-refractivity contribution is 0.179. The molecule has 0 atom stereocenters. The number of carbonyl (C=O) groups excluding carboxylic acids is 1. The number of likely N-dealkylation sites (tertiary alicyclic amines) is 1. The average molecular weight is 368 g/mol. The van der Waals surface area contributed by atoms with Crippen LogP contribution in [0, 0.1) is 19.8 Å². The maximum atomic E-state index is 12.5. The Morgan fingerprint density at radius 1 is 1.19 bits per heavy atom. The number of anilines is 1. The van der Waals surface area contributed by atoms with E-state index in [1.165, 1.54) is 24.0 Å². The van der Waals surface area contributed by atoms with Gasteiger partial charge in [0.1, 0.15) is 0 Å². The molecular weight excluding hydrogens is 340 g/mol. The number of aromatic nitrogens is 2. The van der Waals surface area contributed by atoms with Crippen LogP contribution in [-0.2, 0) is 6.42 Å². The monoisotopic (exact) mass is 368 g/mol. The molecule has 144 valence electrons. The second-order valence-corrected chi connectivity index (χ2v) is 8.02. The maximum Gasteiger partial charge on any atom is 0.321 e. The molecule has 4 rings (SSSR count). The van der Waals surface area contributed by atoms with Gasteiger partial charge in [-0.2, -0.15) is 4.98 Å². The number of hydrogen-bond donors (Lipinski definition) is 1. The molecule has 0 bridgehead atoms. The molecular formula is C21H28N4O2. The lowest BCUT2D eigenvalue weighted by Crippen LogP contribution is -2.41. The van der Waals surface area contributed by atoms with Crippen molar-refractivity contribution in [3.8, 4) is 0 Å². The van der Waals surface area contributed by atoms with Gasteiger partial charge in [-0.05, 0) is 75.1 Å². The highest BCUT2D eigenvalue weighted by Crippen LogP contribution is 2.39. The third-order valence-corrected chi connectivity index (χ3v) is 5.85. The smallest absolute Gasteiger partial charge is 0.321 e. The fourth-order valence-corrected chi connectivity index (χ4v) is 3.64. The number of nitrogens with zero attached hydrogens (tertiary/aromatic N) is 3. The molecule has 1 N–H and O–H groups in total. The Hall–Kier alpha value is -2.37. The van der Waals surface area contributed by atoms with Crippen molar-refractivity contribution in [3.63, 3.8) is 0 Å². The largest absolute Gasteiger partial charge is 0.339 e. The van der Waals surface area contributed by atoms with E-state index < -0.39 is 0 Å². The normalized spacial score (nSPS) is 17.9. The SMILES string of the molecule is Cc1ccc(NC(=O)N2CCC(CCc3noc(C4CC4)n3)CC2)cc1C. The van der Waals surface area contributed by atoms with Crippen LogP contribution in [0.2, 0.25) is 0 Å². The molecule has 1 saturated carbocycles. The zero-order valence-electron chi connectivity index (χ0n) is 16.2. The standard InChI is InChI=1S/C21H28N4O2/c1-14-3-7-18(13-15(14)2)22-21(26)25-11-9-16(10-12-25)4-8-19-23-20(27-24-19)17-5-6-17/h3,7,13,16-17H,4-6,8-12H2,1-2H3,(H,22,26). The van der Waals surface area contributed by atoms with E-state index in [1.54, 1.807) is 0 Å². The molecule has 1 aliphatic carbocycles. The fraction of sp³-hybridized carbons (Fsp3) is 0.571. The van der Waals surface area contributed by atoms with E-state index in [4.69, 9.17) is 4.52 Å². The summed E-state index contributed by atoms with van der Waals surface area (Å²) in [5.41, 5.74) is 3.30. The zero-order chi connectivity index (χ0) is 18.8. The van der Waals surface area contributed by atoms with Crippen LogP contribution in [0.5, 0.6) is 0 Å². The van der Waals surface area contributed by atoms with Gasteiger partial charge in [0.15, 0.2) is 5.82 Å². The van der Waals surface area contributed by atoms with Crippen LogP contribution >= 0.6 is 0 Å². The van der Waals surface area contributed by atoms with Crippen molar-refractivity contribution >= 4 is 11.7 Å². The molecule has 0 unspecified atom stereocenters. The summed E-state index contributed by atoms with van der Waals surface area (Å²) in [4.78, 5) is 18.9. The number of aryl methyl sites for hydroxylation is 3. The van der Waals surface area contributed by atoms with Crippen molar-refractivity contribution in [1.29, 1.82) is 0 Å². The van der Waals surface area contributed by atoms with Gasteiger partial charge in [-0.15, -0.1) is 0 Å². The molecule has 0 spiro atoms. The summed E-state index contributed by atoms with van der Waals surface area (Å²) >= 11 is 0. The number of urea groups is 1. The molecule has 1 aromatic carbocycles. The number of piperidine rings is 1. The quantitative estimate of drug-likeness (QED) is 0.847. The predicted molar refractivity (Wildman–Crippen MR) is 104 cm³/mol. The van der Waals surface area contributed by atoms with E-state index in [2.05, 4.69) is 29.3 Å². The van der Waals surface area contributed by atoms with Crippen LogP contribution in [-0.4, -0.2) is 34.2 Å². The molecule has 2 heterocycles. The van der Waals surface area contributed by atoms with Crippen LogP contribution in [0.15, 0.2) is 22.7 Å². The van der Waals surface area contributed by atoms with Crippen molar-refractivity contribution in [3.05, 3.63) is 41.0 Å². The van der Waals surface area contributed by atoms with Gasteiger partial charge in [0.2, 0.25) is 5.89 Å². The van der Waals surface area contributed by atoms with Gasteiger partial charge in [-0.1, -0.05) is 11.2 Å². The van der Waals surface area contributed by atoms with E-state index in [1.807, 2.05) is 23.1 Å². The Kier molecular flexibility index (Phi) is 5.14. The molecule has 2 amide bonds. The molecule has 1 aromatic heterocycles. The van der Waals surface area contributed by atoms with Gasteiger partial charge >= 0.3 is 6.03 Å². The first-order chi connectivity index (χ1) is 13.1. The van der Waals surface area contributed by atoms with Crippen molar-refractivity contribution in [2.24, 2.45) is 5.92 Å². The molecule has 2 fully saturated rings. The Bertz CT molecular complexity index is 804. The highest BCUT2D eigenvalue weighted by molar-refractivity contribution is 5.89. The second-order valence-electron chi connectivity index (χ2n) is 8.02. The first-order valence-electron chi connectivity index (χ1n) is 10.0. The van der Waals surface area contributed by atoms with Gasteiger partial charge in [0, 0.05) is 31.1 Å². The minimum absolute atomic E-state index is 0.00365. The van der Waals surface area contributed by atoms with Crippen LogP contribution in [0.3, 0.4) is 0 Å². The van der Waals surface area contributed by atoms with Crippen LogP contribution in [0.25, 0.3) is 0 Å². The third kappa shape index (κ3) is 4.49. The predicted octanol–water partition coefficient (Wildman–Crippen LogP) is 4.44. The van der Waals surface area contributed by atoms with Gasteiger partial charge in [0.05, 0.1) is 0 Å². The Morgan fingerprint density at radius 2 is 1.96 bits per heavy atom. The summed E-state index contributed by atoms with van der Waals surface area (Å²) in [5, 5.41) is 7.13. The lowest BCUT2D eigenvalue weighted by atomic mass is 9.92. The average Bonchev–Trinajstić information content (AvgIpc) is 3.42. The summed E-state index contributed by atoms with van der Waals surface area (Å²) in [6, 6.07) is 6.04. The van der Waals surface area contributed by atoms with Crippen LogP contribution < -0.4 is 5.32 Å². The van der Waals surface area contributed by atoms with E-state index in [0.29, 0.717) is 11.8 Å². The number of benzene rings is 1.